The fourth-order valence-corrected chi connectivity index (χ4v) is 1.50. The maximum absolute atomic E-state index is 11.8. The molecule has 104 valence electrons. The second kappa shape index (κ2) is 6.63. The van der Waals surface area contributed by atoms with Crippen molar-refractivity contribution < 1.29 is 24.2 Å². The molecule has 0 saturated carbocycles. The van der Waals surface area contributed by atoms with Crippen molar-refractivity contribution >= 4 is 11.9 Å². The van der Waals surface area contributed by atoms with Gasteiger partial charge in [0.05, 0.1) is 7.11 Å². The van der Waals surface area contributed by atoms with E-state index in [1.165, 1.54) is 7.05 Å². The first kappa shape index (κ1) is 14.8. The molecule has 0 aliphatic carbocycles. The van der Waals surface area contributed by atoms with E-state index in [2.05, 4.69) is 0 Å². The first-order valence-corrected chi connectivity index (χ1v) is 5.71. The Morgan fingerprint density at radius 2 is 1.79 bits per heavy atom. The van der Waals surface area contributed by atoms with Crippen molar-refractivity contribution in [3.05, 3.63) is 24.3 Å². The summed E-state index contributed by atoms with van der Waals surface area (Å²) in [4.78, 5) is 23.4. The lowest BCUT2D eigenvalue weighted by atomic mass is 10.3. The minimum atomic E-state index is -1.06. The zero-order valence-electron chi connectivity index (χ0n) is 11.1. The third-order valence-corrected chi connectivity index (χ3v) is 2.47. The number of ether oxygens (including phenoxy) is 2. The van der Waals surface area contributed by atoms with E-state index in [0.29, 0.717) is 11.5 Å². The Hall–Kier alpha value is -2.24. The van der Waals surface area contributed by atoms with Crippen molar-refractivity contribution in [3.63, 3.8) is 0 Å². The minimum absolute atomic E-state index is 0.352. The standard InChI is InChI=1S/C13H17NO5/c1-9(13(17)14(2)8-12(15)16)19-11-6-4-10(18-3)5-7-11/h4-7,9H,8H2,1-3H3,(H,15,16). The summed E-state index contributed by atoms with van der Waals surface area (Å²) in [6.07, 6.45) is -0.752. The maximum Gasteiger partial charge on any atom is 0.323 e. The number of rotatable bonds is 6. The van der Waals surface area contributed by atoms with Crippen LogP contribution in [0.2, 0.25) is 0 Å². The van der Waals surface area contributed by atoms with Crippen LogP contribution in [0.15, 0.2) is 24.3 Å². The van der Waals surface area contributed by atoms with Gasteiger partial charge in [-0.15, -0.1) is 0 Å². The lowest BCUT2D eigenvalue weighted by Gasteiger charge is -2.20. The van der Waals surface area contributed by atoms with Gasteiger partial charge in [-0.3, -0.25) is 9.59 Å². The summed E-state index contributed by atoms with van der Waals surface area (Å²) in [7, 11) is 2.98. The molecular formula is C13H17NO5. The lowest BCUT2D eigenvalue weighted by molar-refractivity contribution is -0.146. The number of benzene rings is 1. The molecule has 1 aromatic carbocycles. The summed E-state index contributed by atoms with van der Waals surface area (Å²) in [6, 6.07) is 6.79. The van der Waals surface area contributed by atoms with Gasteiger partial charge < -0.3 is 19.5 Å². The molecule has 0 aromatic heterocycles. The second-order valence-electron chi connectivity index (χ2n) is 4.02. The molecule has 0 bridgehead atoms. The molecule has 0 radical (unpaired) electrons. The smallest absolute Gasteiger partial charge is 0.323 e. The molecule has 0 spiro atoms. The number of hydrogen-bond acceptors (Lipinski definition) is 4. The highest BCUT2D eigenvalue weighted by atomic mass is 16.5. The number of hydrogen-bond donors (Lipinski definition) is 1. The summed E-state index contributed by atoms with van der Waals surface area (Å²) in [5.41, 5.74) is 0. The Morgan fingerprint density at radius 1 is 1.26 bits per heavy atom. The quantitative estimate of drug-likeness (QED) is 0.832. The van der Waals surface area contributed by atoms with Gasteiger partial charge in [0.2, 0.25) is 0 Å². The number of amides is 1. The van der Waals surface area contributed by atoms with Gasteiger partial charge in [-0.1, -0.05) is 0 Å². The first-order chi connectivity index (χ1) is 8.93. The van der Waals surface area contributed by atoms with Gasteiger partial charge in [0.1, 0.15) is 18.0 Å². The van der Waals surface area contributed by atoms with Crippen LogP contribution in [-0.4, -0.2) is 48.7 Å². The van der Waals surface area contributed by atoms with Gasteiger partial charge in [-0.2, -0.15) is 0 Å². The molecule has 0 fully saturated rings. The highest BCUT2D eigenvalue weighted by molar-refractivity contribution is 5.84. The van der Waals surface area contributed by atoms with E-state index in [1.54, 1.807) is 38.3 Å². The van der Waals surface area contributed by atoms with Crippen molar-refractivity contribution in [2.24, 2.45) is 0 Å². The Kier molecular flexibility index (Phi) is 5.17. The van der Waals surface area contributed by atoms with E-state index < -0.39 is 18.0 Å². The third-order valence-electron chi connectivity index (χ3n) is 2.47. The van der Waals surface area contributed by atoms with Crippen LogP contribution >= 0.6 is 0 Å². The predicted molar refractivity (Wildman–Crippen MR) is 68.4 cm³/mol. The SMILES string of the molecule is COc1ccc(OC(C)C(=O)N(C)CC(=O)O)cc1. The molecule has 0 aliphatic heterocycles. The summed E-state index contributed by atoms with van der Waals surface area (Å²) in [5.74, 6) is -0.245. The normalized spacial score (nSPS) is 11.5. The van der Waals surface area contributed by atoms with Gasteiger partial charge in [0.15, 0.2) is 6.10 Å². The molecule has 6 nitrogen and oxygen atoms in total. The molecule has 1 N–H and O–H groups in total. The molecule has 1 atom stereocenters. The number of methoxy groups -OCH3 is 1. The lowest BCUT2D eigenvalue weighted by Crippen LogP contribution is -2.40. The van der Waals surface area contributed by atoms with E-state index in [4.69, 9.17) is 14.6 Å². The molecule has 1 aromatic rings. The fourth-order valence-electron chi connectivity index (χ4n) is 1.50. The van der Waals surface area contributed by atoms with E-state index >= 15 is 0 Å². The van der Waals surface area contributed by atoms with Crippen molar-refractivity contribution in [1.82, 2.24) is 4.90 Å². The Morgan fingerprint density at radius 3 is 2.26 bits per heavy atom. The van der Waals surface area contributed by atoms with E-state index in [0.717, 1.165) is 4.90 Å². The van der Waals surface area contributed by atoms with Gasteiger partial charge in [-0.05, 0) is 31.2 Å². The summed E-state index contributed by atoms with van der Waals surface area (Å²) in [5, 5.41) is 8.61. The van der Waals surface area contributed by atoms with Crippen molar-refractivity contribution in [1.29, 1.82) is 0 Å². The van der Waals surface area contributed by atoms with Crippen molar-refractivity contribution in [3.8, 4) is 11.5 Å². The van der Waals surface area contributed by atoms with Crippen LogP contribution in [0.1, 0.15) is 6.92 Å². The first-order valence-electron chi connectivity index (χ1n) is 5.71. The fraction of sp³-hybridized carbons (Fsp3) is 0.385. The van der Waals surface area contributed by atoms with Crippen LogP contribution in [0.4, 0.5) is 0 Å². The zero-order chi connectivity index (χ0) is 14.4. The molecule has 1 rings (SSSR count). The summed E-state index contributed by atoms with van der Waals surface area (Å²) >= 11 is 0. The van der Waals surface area contributed by atoms with Crippen LogP contribution in [-0.2, 0) is 9.59 Å². The third kappa shape index (κ3) is 4.50. The highest BCUT2D eigenvalue weighted by Gasteiger charge is 2.20. The average Bonchev–Trinajstić information content (AvgIpc) is 2.37. The maximum atomic E-state index is 11.8. The minimum Gasteiger partial charge on any atom is -0.497 e. The molecule has 19 heavy (non-hydrogen) atoms. The van der Waals surface area contributed by atoms with Gasteiger partial charge in [0.25, 0.3) is 5.91 Å². The summed E-state index contributed by atoms with van der Waals surface area (Å²) in [6.45, 7) is 1.22. The van der Waals surface area contributed by atoms with Crippen LogP contribution < -0.4 is 9.47 Å². The van der Waals surface area contributed by atoms with Crippen LogP contribution in [0.25, 0.3) is 0 Å². The van der Waals surface area contributed by atoms with Crippen molar-refractivity contribution in [2.75, 3.05) is 20.7 Å². The number of aliphatic carboxylic acids is 1. The Labute approximate surface area is 111 Å². The van der Waals surface area contributed by atoms with E-state index in [-0.39, 0.29) is 6.54 Å². The topological polar surface area (TPSA) is 76.1 Å². The van der Waals surface area contributed by atoms with E-state index in [9.17, 15) is 9.59 Å². The van der Waals surface area contributed by atoms with Crippen LogP contribution in [0.5, 0.6) is 11.5 Å². The number of likely N-dealkylation sites (N-methyl/N-ethyl adjacent to an activating group) is 1. The zero-order valence-corrected chi connectivity index (χ0v) is 11.1. The monoisotopic (exact) mass is 267 g/mol. The molecule has 0 heterocycles. The molecule has 1 unspecified atom stereocenters. The van der Waals surface area contributed by atoms with Gasteiger partial charge >= 0.3 is 5.97 Å². The van der Waals surface area contributed by atoms with Crippen molar-refractivity contribution in [2.45, 2.75) is 13.0 Å². The Bertz CT molecular complexity index is 443. The molecular weight excluding hydrogens is 250 g/mol. The second-order valence-corrected chi connectivity index (χ2v) is 4.02. The number of carboxylic acid groups (broad SMARTS) is 1. The number of carboxylic acids is 1. The molecule has 0 saturated heterocycles. The molecule has 6 heteroatoms. The van der Waals surface area contributed by atoms with Gasteiger partial charge in [-0.25, -0.2) is 0 Å². The van der Waals surface area contributed by atoms with E-state index in [1.807, 2.05) is 0 Å². The number of carbonyl (C=O) groups is 2. The molecule has 0 aliphatic rings. The van der Waals surface area contributed by atoms with Crippen LogP contribution in [0, 0.1) is 0 Å². The van der Waals surface area contributed by atoms with Crippen LogP contribution in [0.3, 0.4) is 0 Å². The largest absolute Gasteiger partial charge is 0.497 e. The number of nitrogens with zero attached hydrogens (tertiary/aromatic N) is 1. The predicted octanol–water partition coefficient (Wildman–Crippen LogP) is 1.01. The molecule has 1 amide bonds. The highest BCUT2D eigenvalue weighted by Crippen LogP contribution is 2.18. The summed E-state index contributed by atoms with van der Waals surface area (Å²) < 4.78 is 10.4. The average molecular weight is 267 g/mol. The number of carbonyl (C=O) groups excluding carboxylic acids is 1. The van der Waals surface area contributed by atoms with Gasteiger partial charge in [0, 0.05) is 7.05 Å². The Balaban J connectivity index is 2.60.